The Bertz CT molecular complexity index is 514. The zero-order chi connectivity index (χ0) is 14.5. The number of methoxy groups -OCH3 is 1. The molecule has 1 aromatic heterocycles. The number of rotatable bonds is 6. The molecule has 0 aromatic carbocycles. The summed E-state index contributed by atoms with van der Waals surface area (Å²) < 4.78 is 4.59. The fourth-order valence-corrected chi connectivity index (χ4v) is 1.69. The van der Waals surface area contributed by atoms with Crippen LogP contribution in [0.3, 0.4) is 0 Å². The van der Waals surface area contributed by atoms with Gasteiger partial charge >= 0.3 is 5.97 Å². The second-order valence-electron chi connectivity index (χ2n) is 4.62. The van der Waals surface area contributed by atoms with Gasteiger partial charge in [-0.1, -0.05) is 0 Å². The molecule has 2 rings (SSSR count). The molecule has 7 heteroatoms. The fourth-order valence-electron chi connectivity index (χ4n) is 1.69. The second-order valence-corrected chi connectivity index (χ2v) is 4.62. The lowest BCUT2D eigenvalue weighted by Gasteiger charge is -2.10. The monoisotopic (exact) mass is 278 g/mol. The molecule has 0 radical (unpaired) electrons. The Labute approximate surface area is 116 Å². The van der Waals surface area contributed by atoms with Crippen molar-refractivity contribution in [2.75, 3.05) is 31.2 Å². The number of nitrogen functional groups attached to an aromatic ring is 1. The largest absolute Gasteiger partial charge is 0.464 e. The fraction of sp³-hybridized carbons (Fsp3) is 0.462. The summed E-state index contributed by atoms with van der Waals surface area (Å²) >= 11 is 0. The minimum atomic E-state index is -0.518. The molecule has 7 nitrogen and oxygen atoms in total. The maximum Gasteiger partial charge on any atom is 0.356 e. The van der Waals surface area contributed by atoms with Crippen molar-refractivity contribution >= 4 is 23.4 Å². The van der Waals surface area contributed by atoms with Gasteiger partial charge < -0.3 is 21.1 Å². The molecule has 4 N–H and O–H groups in total. The Morgan fingerprint density at radius 2 is 2.15 bits per heavy atom. The van der Waals surface area contributed by atoms with Crippen molar-refractivity contribution in [3.8, 4) is 0 Å². The van der Waals surface area contributed by atoms with Gasteiger partial charge in [-0.3, -0.25) is 4.79 Å². The van der Waals surface area contributed by atoms with Gasteiger partial charge in [-0.05, 0) is 25.0 Å². The van der Waals surface area contributed by atoms with Gasteiger partial charge in [0.2, 0.25) is 5.91 Å². The molecule has 20 heavy (non-hydrogen) atoms. The number of esters is 1. The van der Waals surface area contributed by atoms with Crippen molar-refractivity contribution in [2.24, 2.45) is 5.92 Å². The lowest BCUT2D eigenvalue weighted by atomic mass is 10.3. The van der Waals surface area contributed by atoms with E-state index >= 15 is 0 Å². The van der Waals surface area contributed by atoms with Crippen LogP contribution in [0.5, 0.6) is 0 Å². The van der Waals surface area contributed by atoms with Gasteiger partial charge in [-0.15, -0.1) is 0 Å². The van der Waals surface area contributed by atoms with Crippen LogP contribution in [0, 0.1) is 5.92 Å². The molecule has 1 fully saturated rings. The molecular weight excluding hydrogens is 260 g/mol. The molecule has 0 saturated heterocycles. The Morgan fingerprint density at radius 3 is 2.80 bits per heavy atom. The summed E-state index contributed by atoms with van der Waals surface area (Å²) in [6.07, 6.45) is 1.96. The quantitative estimate of drug-likeness (QED) is 0.513. The molecule has 0 bridgehead atoms. The predicted octanol–water partition coefficient (Wildman–Crippen LogP) is 0.388. The Kier molecular flexibility index (Phi) is 4.39. The van der Waals surface area contributed by atoms with Crippen molar-refractivity contribution in [1.82, 2.24) is 10.3 Å². The van der Waals surface area contributed by atoms with Gasteiger partial charge in [-0.2, -0.15) is 0 Å². The smallest absolute Gasteiger partial charge is 0.356 e. The zero-order valence-electron chi connectivity index (χ0n) is 11.3. The van der Waals surface area contributed by atoms with Gasteiger partial charge in [0.1, 0.15) is 5.82 Å². The highest BCUT2D eigenvalue weighted by Gasteiger charge is 2.28. The number of nitrogens with two attached hydrogens (primary N) is 1. The minimum Gasteiger partial charge on any atom is -0.464 e. The van der Waals surface area contributed by atoms with Gasteiger partial charge in [-0.25, -0.2) is 9.78 Å². The SMILES string of the molecule is COC(=O)c1ccc(N)c(NCCNC(=O)C2CC2)n1. The van der Waals surface area contributed by atoms with Crippen LogP contribution in [-0.4, -0.2) is 37.1 Å². The number of ether oxygens (including phenoxy) is 1. The number of pyridine rings is 1. The van der Waals surface area contributed by atoms with E-state index < -0.39 is 5.97 Å². The van der Waals surface area contributed by atoms with Crippen LogP contribution in [0.1, 0.15) is 23.3 Å². The molecule has 0 aliphatic heterocycles. The standard InChI is InChI=1S/C13H18N4O3/c1-20-13(19)10-5-4-9(14)11(17-10)15-6-7-16-12(18)8-2-3-8/h4-5,8H,2-3,6-7,14H2,1H3,(H,15,17)(H,16,18). The minimum absolute atomic E-state index is 0.0936. The molecule has 1 saturated carbocycles. The number of aromatic nitrogens is 1. The number of anilines is 2. The number of amides is 1. The van der Waals surface area contributed by atoms with E-state index in [1.807, 2.05) is 0 Å². The molecule has 0 unspecified atom stereocenters. The highest BCUT2D eigenvalue weighted by molar-refractivity contribution is 5.88. The molecule has 108 valence electrons. The number of nitrogens with zero attached hydrogens (tertiary/aromatic N) is 1. The number of hydrogen-bond donors (Lipinski definition) is 3. The van der Waals surface area contributed by atoms with E-state index in [1.54, 1.807) is 6.07 Å². The summed E-state index contributed by atoms with van der Waals surface area (Å²) in [4.78, 5) is 26.9. The first-order valence-corrected chi connectivity index (χ1v) is 6.48. The summed E-state index contributed by atoms with van der Waals surface area (Å²) in [6.45, 7) is 0.971. The van der Waals surface area contributed by atoms with E-state index in [0.717, 1.165) is 12.8 Å². The second kappa shape index (κ2) is 6.23. The number of carbonyl (C=O) groups excluding carboxylic acids is 2. The maximum absolute atomic E-state index is 11.4. The molecular formula is C13H18N4O3. The third kappa shape index (κ3) is 3.59. The van der Waals surface area contributed by atoms with Crippen LogP contribution in [0.25, 0.3) is 0 Å². The first kappa shape index (κ1) is 14.1. The van der Waals surface area contributed by atoms with Crippen molar-refractivity contribution in [1.29, 1.82) is 0 Å². The van der Waals surface area contributed by atoms with E-state index in [2.05, 4.69) is 20.4 Å². The van der Waals surface area contributed by atoms with Crippen molar-refractivity contribution < 1.29 is 14.3 Å². The molecule has 0 spiro atoms. The molecule has 1 heterocycles. The van der Waals surface area contributed by atoms with Crippen molar-refractivity contribution in [3.63, 3.8) is 0 Å². The zero-order valence-corrected chi connectivity index (χ0v) is 11.3. The normalized spacial score (nSPS) is 13.7. The van der Waals surface area contributed by atoms with E-state index in [1.165, 1.54) is 13.2 Å². The Hall–Kier alpha value is -2.31. The number of carbonyl (C=O) groups is 2. The number of hydrogen-bond acceptors (Lipinski definition) is 6. The highest BCUT2D eigenvalue weighted by atomic mass is 16.5. The molecule has 1 aliphatic carbocycles. The van der Waals surface area contributed by atoms with Crippen LogP contribution < -0.4 is 16.4 Å². The first-order valence-electron chi connectivity index (χ1n) is 6.48. The molecule has 1 aliphatic rings. The number of nitrogens with one attached hydrogen (secondary N) is 2. The Morgan fingerprint density at radius 1 is 1.40 bits per heavy atom. The average Bonchev–Trinajstić information content (AvgIpc) is 3.28. The van der Waals surface area contributed by atoms with E-state index in [0.29, 0.717) is 24.6 Å². The van der Waals surface area contributed by atoms with E-state index in [4.69, 9.17) is 5.73 Å². The summed E-state index contributed by atoms with van der Waals surface area (Å²) in [5.74, 6) is 0.181. The van der Waals surface area contributed by atoms with Gasteiger partial charge in [0, 0.05) is 19.0 Å². The Balaban J connectivity index is 1.84. The van der Waals surface area contributed by atoms with Gasteiger partial charge in [0.05, 0.1) is 12.8 Å². The van der Waals surface area contributed by atoms with Gasteiger partial charge in [0.25, 0.3) is 0 Å². The van der Waals surface area contributed by atoms with Crippen LogP contribution in [-0.2, 0) is 9.53 Å². The molecule has 1 amide bonds. The van der Waals surface area contributed by atoms with Gasteiger partial charge in [0.15, 0.2) is 5.69 Å². The summed E-state index contributed by atoms with van der Waals surface area (Å²) in [5.41, 5.74) is 6.39. The maximum atomic E-state index is 11.4. The topological polar surface area (TPSA) is 106 Å². The van der Waals surface area contributed by atoms with Crippen LogP contribution in [0.15, 0.2) is 12.1 Å². The highest BCUT2D eigenvalue weighted by Crippen LogP contribution is 2.28. The summed E-state index contributed by atoms with van der Waals surface area (Å²) in [6, 6.07) is 3.09. The lowest BCUT2D eigenvalue weighted by molar-refractivity contribution is -0.122. The van der Waals surface area contributed by atoms with Crippen LogP contribution in [0.4, 0.5) is 11.5 Å². The predicted molar refractivity (Wildman–Crippen MR) is 74.2 cm³/mol. The van der Waals surface area contributed by atoms with Crippen LogP contribution >= 0.6 is 0 Å². The summed E-state index contributed by atoms with van der Waals surface area (Å²) in [5, 5.41) is 5.81. The molecule has 0 atom stereocenters. The lowest BCUT2D eigenvalue weighted by Crippen LogP contribution is -2.30. The van der Waals surface area contributed by atoms with Crippen molar-refractivity contribution in [2.45, 2.75) is 12.8 Å². The molecule has 1 aromatic rings. The van der Waals surface area contributed by atoms with Crippen LogP contribution in [0.2, 0.25) is 0 Å². The third-order valence-corrected chi connectivity index (χ3v) is 2.99. The van der Waals surface area contributed by atoms with Crippen molar-refractivity contribution in [3.05, 3.63) is 17.8 Å². The van der Waals surface area contributed by atoms with E-state index in [9.17, 15) is 9.59 Å². The summed E-state index contributed by atoms with van der Waals surface area (Å²) in [7, 11) is 1.29. The van der Waals surface area contributed by atoms with E-state index in [-0.39, 0.29) is 17.5 Å². The third-order valence-electron chi connectivity index (χ3n) is 2.99. The first-order chi connectivity index (χ1) is 9.61. The average molecular weight is 278 g/mol.